The van der Waals surface area contributed by atoms with Gasteiger partial charge >= 0.3 is 0 Å². The number of hydrogen-bond donors (Lipinski definition) is 2. The largest absolute Gasteiger partial charge is 0.368 e. The molecule has 1 aliphatic carbocycles. The normalized spacial score (nSPS) is 15.4. The lowest BCUT2D eigenvalue weighted by Gasteiger charge is -2.25. The molecule has 2 heterocycles. The van der Waals surface area contributed by atoms with Crippen molar-refractivity contribution in [3.63, 3.8) is 0 Å². The summed E-state index contributed by atoms with van der Waals surface area (Å²) in [5, 5.41) is 16.1. The maximum Gasteiger partial charge on any atom is 0.159 e. The second-order valence-electron chi connectivity index (χ2n) is 7.19. The van der Waals surface area contributed by atoms with Gasteiger partial charge in [0.05, 0.1) is 0 Å². The molecule has 1 aromatic carbocycles. The fourth-order valence-electron chi connectivity index (χ4n) is 3.49. The zero-order valence-electron chi connectivity index (χ0n) is 17.9. The van der Waals surface area contributed by atoms with Crippen LogP contribution < -0.4 is 10.6 Å². The van der Waals surface area contributed by atoms with Gasteiger partial charge < -0.3 is 10.6 Å². The molecule has 0 aliphatic heterocycles. The van der Waals surface area contributed by atoms with E-state index in [2.05, 4.69) is 65.5 Å². The van der Waals surface area contributed by atoms with Crippen molar-refractivity contribution in [2.45, 2.75) is 46.1 Å². The summed E-state index contributed by atoms with van der Waals surface area (Å²) in [6, 6.07) is 16.7. The third-order valence-electron chi connectivity index (χ3n) is 5.08. The highest BCUT2D eigenvalue weighted by atomic mass is 15.1. The smallest absolute Gasteiger partial charge is 0.159 e. The van der Waals surface area contributed by atoms with Crippen LogP contribution >= 0.6 is 0 Å². The Morgan fingerprint density at radius 3 is 2.63 bits per heavy atom. The maximum atomic E-state index is 9.08. The van der Waals surface area contributed by atoms with Crippen LogP contribution in [0.4, 0.5) is 5.82 Å². The summed E-state index contributed by atoms with van der Waals surface area (Å²) in [5.74, 6) is 0.963. The van der Waals surface area contributed by atoms with E-state index in [0.717, 1.165) is 42.0 Å². The zero-order valence-corrected chi connectivity index (χ0v) is 17.9. The highest BCUT2D eigenvalue weighted by molar-refractivity contribution is 5.63. The van der Waals surface area contributed by atoms with Crippen molar-refractivity contribution < 1.29 is 0 Å². The van der Waals surface area contributed by atoms with Gasteiger partial charge in [-0.25, -0.2) is 4.98 Å². The molecule has 1 atom stereocenters. The predicted molar refractivity (Wildman–Crippen MR) is 124 cm³/mol. The van der Waals surface area contributed by atoms with Gasteiger partial charge in [-0.15, -0.1) is 0 Å². The highest BCUT2D eigenvalue weighted by Crippen LogP contribution is 2.23. The fourth-order valence-corrected chi connectivity index (χ4v) is 3.49. The topological polar surface area (TPSA) is 65.2 Å². The lowest BCUT2D eigenvalue weighted by molar-refractivity contribution is 0.607. The van der Waals surface area contributed by atoms with Crippen LogP contribution in [-0.2, 0) is 0 Å². The second-order valence-corrected chi connectivity index (χ2v) is 7.19. The van der Waals surface area contributed by atoms with Gasteiger partial charge in [0, 0.05) is 23.6 Å². The first-order chi connectivity index (χ1) is 14.6. The first-order valence-electron chi connectivity index (χ1n) is 10.5. The van der Waals surface area contributed by atoms with Crippen molar-refractivity contribution in [3.8, 4) is 6.07 Å². The highest BCUT2D eigenvalue weighted by Gasteiger charge is 2.16. The van der Waals surface area contributed by atoms with Crippen LogP contribution in [0.3, 0.4) is 0 Å². The number of anilines is 1. The monoisotopic (exact) mass is 399 g/mol. The average molecular weight is 400 g/mol. The molecule has 0 bridgehead atoms. The number of allylic oxidation sites excluding steroid dienone is 1. The van der Waals surface area contributed by atoms with E-state index >= 15 is 0 Å². The molecule has 0 amide bonds. The summed E-state index contributed by atoms with van der Waals surface area (Å²) in [4.78, 5) is 4.29. The number of nitriles is 1. The van der Waals surface area contributed by atoms with Crippen LogP contribution in [0.15, 0.2) is 67.0 Å². The van der Waals surface area contributed by atoms with Gasteiger partial charge in [0.1, 0.15) is 17.5 Å². The molecule has 0 saturated heterocycles. The van der Waals surface area contributed by atoms with Crippen molar-refractivity contribution >= 4 is 17.2 Å². The Morgan fingerprint density at radius 1 is 1.20 bits per heavy atom. The standard InChI is InChI=1S/C23H23N5.C2H6/c1-16-6-8-18(9-7-16)17(2)25-19-10-12-20(13-11-19)26-22-4-3-5-23-27-21(14-24)15-28(22)23;1-2/h3-10,15,20,25-26H,2,11-13H2,1H3;1-2H3. The number of rotatable bonds is 5. The molecule has 30 heavy (non-hydrogen) atoms. The van der Waals surface area contributed by atoms with E-state index in [0.29, 0.717) is 11.7 Å². The van der Waals surface area contributed by atoms with Gasteiger partial charge in [-0.1, -0.05) is 62.4 Å². The number of aromatic nitrogens is 2. The van der Waals surface area contributed by atoms with E-state index in [1.165, 1.54) is 11.3 Å². The van der Waals surface area contributed by atoms with Crippen LogP contribution in [-0.4, -0.2) is 15.4 Å². The van der Waals surface area contributed by atoms with E-state index in [1.54, 1.807) is 6.20 Å². The summed E-state index contributed by atoms with van der Waals surface area (Å²) in [5.41, 5.74) is 5.73. The number of benzene rings is 1. The van der Waals surface area contributed by atoms with Gasteiger partial charge in [0.2, 0.25) is 0 Å². The third-order valence-corrected chi connectivity index (χ3v) is 5.08. The van der Waals surface area contributed by atoms with E-state index in [4.69, 9.17) is 5.26 Å². The molecule has 0 radical (unpaired) electrons. The summed E-state index contributed by atoms with van der Waals surface area (Å²) in [7, 11) is 0. The van der Waals surface area contributed by atoms with Crippen molar-refractivity contribution in [2.75, 3.05) is 5.32 Å². The van der Waals surface area contributed by atoms with Crippen LogP contribution in [0.2, 0.25) is 0 Å². The maximum absolute atomic E-state index is 9.08. The minimum atomic E-state index is 0.344. The molecule has 0 saturated carbocycles. The summed E-state index contributed by atoms with van der Waals surface area (Å²) < 4.78 is 1.94. The Balaban J connectivity index is 0.00000124. The Morgan fingerprint density at radius 2 is 1.97 bits per heavy atom. The zero-order chi connectivity index (χ0) is 21.5. The van der Waals surface area contributed by atoms with E-state index in [-0.39, 0.29) is 0 Å². The molecule has 1 unspecified atom stereocenters. The van der Waals surface area contributed by atoms with Crippen LogP contribution in [0.1, 0.15) is 49.9 Å². The lowest BCUT2D eigenvalue weighted by Crippen LogP contribution is -2.25. The van der Waals surface area contributed by atoms with Crippen molar-refractivity contribution in [2.24, 2.45) is 0 Å². The van der Waals surface area contributed by atoms with Gasteiger partial charge in [0.15, 0.2) is 5.69 Å². The average Bonchev–Trinajstić information content (AvgIpc) is 3.21. The summed E-state index contributed by atoms with van der Waals surface area (Å²) >= 11 is 0. The Bertz CT molecular complexity index is 1080. The van der Waals surface area contributed by atoms with Crippen molar-refractivity contribution in [3.05, 3.63) is 83.8 Å². The summed E-state index contributed by atoms with van der Waals surface area (Å²) in [6.07, 6.45) is 6.94. The molecule has 5 heteroatoms. The van der Waals surface area contributed by atoms with Crippen molar-refractivity contribution in [1.82, 2.24) is 14.7 Å². The number of nitrogens with zero attached hydrogens (tertiary/aromatic N) is 3. The number of hydrogen-bond acceptors (Lipinski definition) is 4. The van der Waals surface area contributed by atoms with Crippen LogP contribution in [0.25, 0.3) is 11.3 Å². The van der Waals surface area contributed by atoms with Crippen LogP contribution in [0.5, 0.6) is 0 Å². The van der Waals surface area contributed by atoms with Gasteiger partial charge in [-0.05, 0) is 43.9 Å². The lowest BCUT2D eigenvalue weighted by atomic mass is 9.98. The second kappa shape index (κ2) is 9.80. The van der Waals surface area contributed by atoms with E-state index in [9.17, 15) is 0 Å². The predicted octanol–water partition coefficient (Wildman–Crippen LogP) is 5.65. The molecular formula is C25H29N5. The molecule has 1 aliphatic rings. The van der Waals surface area contributed by atoms with Gasteiger partial charge in [-0.3, -0.25) is 4.40 Å². The Kier molecular flexibility index (Phi) is 6.92. The minimum absolute atomic E-state index is 0.344. The molecule has 154 valence electrons. The fraction of sp³-hybridized carbons (Fsp3) is 0.280. The first-order valence-corrected chi connectivity index (χ1v) is 10.5. The third kappa shape index (κ3) is 4.90. The molecule has 4 rings (SSSR count). The van der Waals surface area contributed by atoms with Gasteiger partial charge in [-0.2, -0.15) is 5.26 Å². The Labute approximate surface area is 178 Å². The number of fused-ring (bicyclic) bond motifs is 1. The molecule has 0 fully saturated rings. The molecule has 2 aromatic heterocycles. The Hall–Kier alpha value is -3.52. The molecule has 0 spiro atoms. The SMILES string of the molecule is C=C(NC1=CCC(Nc2cccc3nc(C#N)cn23)CC1)c1ccc(C)cc1.CC. The van der Waals surface area contributed by atoms with Crippen molar-refractivity contribution in [1.29, 1.82) is 5.26 Å². The number of pyridine rings is 1. The van der Waals surface area contributed by atoms with E-state index in [1.807, 2.05) is 36.4 Å². The molecule has 3 aromatic rings. The molecular weight excluding hydrogens is 370 g/mol. The number of imidazole rings is 1. The number of aryl methyl sites for hydroxylation is 1. The first kappa shape index (κ1) is 21.2. The quantitative estimate of drug-likeness (QED) is 0.582. The molecule has 5 nitrogen and oxygen atoms in total. The summed E-state index contributed by atoms with van der Waals surface area (Å²) in [6.45, 7) is 10.3. The van der Waals surface area contributed by atoms with E-state index < -0.39 is 0 Å². The molecule has 2 N–H and O–H groups in total. The van der Waals surface area contributed by atoms with Crippen LogP contribution in [0, 0.1) is 18.3 Å². The van der Waals surface area contributed by atoms with Gasteiger partial charge in [0.25, 0.3) is 0 Å². The number of nitrogens with one attached hydrogen (secondary N) is 2. The minimum Gasteiger partial charge on any atom is -0.368 e.